The molecular weight excluding hydrogens is 412 g/mol. The van der Waals surface area contributed by atoms with Crippen LogP contribution in [-0.2, 0) is 11.3 Å². The normalized spacial score (nSPS) is 10.7. The average Bonchev–Trinajstić information content (AvgIpc) is 2.44. The summed E-state index contributed by atoms with van der Waals surface area (Å²) >= 11 is 14.5. The number of halogens is 3. The minimum atomic E-state index is 0.403. The summed E-state index contributed by atoms with van der Waals surface area (Å²) < 4.78 is 6.10. The van der Waals surface area contributed by atoms with Crippen LogP contribution in [0, 0.1) is 3.57 Å². The molecule has 2 aromatic rings. The molecule has 0 aliphatic heterocycles. The van der Waals surface area contributed by atoms with Crippen LogP contribution in [0.1, 0.15) is 5.69 Å². The van der Waals surface area contributed by atoms with E-state index in [-0.39, 0.29) is 0 Å². The van der Waals surface area contributed by atoms with Gasteiger partial charge in [-0.3, -0.25) is 0 Å². The van der Waals surface area contributed by atoms with Gasteiger partial charge in [-0.1, -0.05) is 29.3 Å². The fourth-order valence-electron chi connectivity index (χ4n) is 1.69. The van der Waals surface area contributed by atoms with Gasteiger partial charge in [0.25, 0.3) is 0 Å². The fourth-order valence-corrected chi connectivity index (χ4v) is 2.74. The summed E-state index contributed by atoms with van der Waals surface area (Å²) in [5, 5.41) is 3.97. The zero-order chi connectivity index (χ0) is 14.7. The van der Waals surface area contributed by atoms with Crippen LogP contribution >= 0.6 is 45.8 Å². The Morgan fingerprint density at radius 1 is 1.30 bits per heavy atom. The van der Waals surface area contributed by atoms with E-state index in [1.165, 1.54) is 0 Å². The lowest BCUT2D eigenvalue weighted by molar-refractivity contribution is 0.181. The highest BCUT2D eigenvalue weighted by atomic mass is 127. The molecule has 0 bridgehead atoms. The predicted octanol–water partition coefficient (Wildman–Crippen LogP) is 4.24. The van der Waals surface area contributed by atoms with E-state index in [0.717, 1.165) is 15.1 Å². The lowest BCUT2D eigenvalue weighted by atomic mass is 10.2. The second-order valence-corrected chi connectivity index (χ2v) is 5.80. The lowest BCUT2D eigenvalue weighted by Gasteiger charge is -2.12. The summed E-state index contributed by atoms with van der Waals surface area (Å²) in [6.45, 7) is 0.403. The highest BCUT2D eigenvalue weighted by molar-refractivity contribution is 14.1. The number of rotatable bonds is 4. The molecule has 106 valence electrons. The highest BCUT2D eigenvalue weighted by Crippen LogP contribution is 2.33. The summed E-state index contributed by atoms with van der Waals surface area (Å²) in [5.41, 5.74) is 1.50. The molecule has 0 unspecified atom stereocenters. The minimum Gasteiger partial charge on any atom is -0.378 e. The van der Waals surface area contributed by atoms with Crippen LogP contribution in [0.3, 0.4) is 0 Å². The first-order valence-electron chi connectivity index (χ1n) is 5.76. The standard InChI is InChI=1S/C13H12Cl2IN3O/c1-17-13-11(16)9(6-20-2)18-12(19-13)7-4-3-5-8(14)10(7)15/h3-5H,6H2,1-2H3,(H,17,18,19). The first kappa shape index (κ1) is 15.8. The minimum absolute atomic E-state index is 0.403. The van der Waals surface area contributed by atoms with Gasteiger partial charge < -0.3 is 10.1 Å². The van der Waals surface area contributed by atoms with Gasteiger partial charge in [-0.15, -0.1) is 0 Å². The first-order chi connectivity index (χ1) is 9.58. The Balaban J connectivity index is 2.62. The van der Waals surface area contributed by atoms with E-state index in [2.05, 4.69) is 37.9 Å². The molecule has 0 aliphatic rings. The van der Waals surface area contributed by atoms with E-state index in [1.807, 2.05) is 19.2 Å². The van der Waals surface area contributed by atoms with Crippen molar-refractivity contribution < 1.29 is 4.74 Å². The van der Waals surface area contributed by atoms with Crippen molar-refractivity contribution in [1.82, 2.24) is 9.97 Å². The van der Waals surface area contributed by atoms with Crippen LogP contribution in [0.15, 0.2) is 18.2 Å². The Bertz CT molecular complexity index is 637. The molecule has 7 heteroatoms. The van der Waals surface area contributed by atoms with Crippen LogP contribution in [0.2, 0.25) is 10.0 Å². The maximum atomic E-state index is 6.23. The molecule has 1 heterocycles. The Morgan fingerprint density at radius 3 is 2.70 bits per heavy atom. The van der Waals surface area contributed by atoms with Crippen molar-refractivity contribution in [3.05, 3.63) is 37.5 Å². The molecule has 0 spiro atoms. The van der Waals surface area contributed by atoms with E-state index in [0.29, 0.717) is 28.0 Å². The summed E-state index contributed by atoms with van der Waals surface area (Å²) in [4.78, 5) is 8.99. The van der Waals surface area contributed by atoms with Crippen molar-refractivity contribution >= 4 is 51.6 Å². The molecule has 0 saturated heterocycles. The highest BCUT2D eigenvalue weighted by Gasteiger charge is 2.15. The van der Waals surface area contributed by atoms with Gasteiger partial charge in [-0.05, 0) is 34.7 Å². The van der Waals surface area contributed by atoms with Crippen molar-refractivity contribution in [2.75, 3.05) is 19.5 Å². The Kier molecular flexibility index (Phi) is 5.42. The number of aromatic nitrogens is 2. The van der Waals surface area contributed by atoms with E-state index >= 15 is 0 Å². The number of nitrogens with one attached hydrogen (secondary N) is 1. The molecule has 2 rings (SSSR count). The Morgan fingerprint density at radius 2 is 2.05 bits per heavy atom. The van der Waals surface area contributed by atoms with Gasteiger partial charge in [-0.25, -0.2) is 9.97 Å². The molecule has 0 radical (unpaired) electrons. The third kappa shape index (κ3) is 3.16. The monoisotopic (exact) mass is 423 g/mol. The fraction of sp³-hybridized carbons (Fsp3) is 0.231. The van der Waals surface area contributed by atoms with Gasteiger partial charge in [-0.2, -0.15) is 0 Å². The molecule has 1 aromatic carbocycles. The van der Waals surface area contributed by atoms with Crippen LogP contribution in [0.25, 0.3) is 11.4 Å². The number of hydrogen-bond acceptors (Lipinski definition) is 4. The molecule has 1 aromatic heterocycles. The number of anilines is 1. The summed E-state index contributed by atoms with van der Waals surface area (Å²) in [5.74, 6) is 1.26. The number of benzene rings is 1. The number of ether oxygens (including phenoxy) is 1. The predicted molar refractivity (Wildman–Crippen MR) is 90.5 cm³/mol. The smallest absolute Gasteiger partial charge is 0.163 e. The average molecular weight is 424 g/mol. The lowest BCUT2D eigenvalue weighted by Crippen LogP contribution is -2.06. The molecule has 0 atom stereocenters. The molecule has 0 fully saturated rings. The third-order valence-corrected chi connectivity index (χ3v) is 4.58. The van der Waals surface area contributed by atoms with Gasteiger partial charge >= 0.3 is 0 Å². The van der Waals surface area contributed by atoms with E-state index in [1.54, 1.807) is 13.2 Å². The Labute approximate surface area is 141 Å². The zero-order valence-corrected chi connectivity index (χ0v) is 14.5. The maximum Gasteiger partial charge on any atom is 0.163 e. The van der Waals surface area contributed by atoms with Gasteiger partial charge in [0, 0.05) is 19.7 Å². The molecule has 20 heavy (non-hydrogen) atoms. The summed E-state index contributed by atoms with van der Waals surface area (Å²) in [7, 11) is 3.44. The number of hydrogen-bond donors (Lipinski definition) is 1. The molecule has 0 amide bonds. The van der Waals surface area contributed by atoms with E-state index < -0.39 is 0 Å². The van der Waals surface area contributed by atoms with Crippen molar-refractivity contribution in [2.24, 2.45) is 0 Å². The molecule has 0 saturated carbocycles. The largest absolute Gasteiger partial charge is 0.378 e. The third-order valence-electron chi connectivity index (χ3n) is 2.63. The van der Waals surface area contributed by atoms with Gasteiger partial charge in [0.2, 0.25) is 0 Å². The second kappa shape index (κ2) is 6.89. The topological polar surface area (TPSA) is 47.0 Å². The second-order valence-electron chi connectivity index (χ2n) is 3.94. The van der Waals surface area contributed by atoms with Crippen molar-refractivity contribution in [2.45, 2.75) is 6.61 Å². The number of methoxy groups -OCH3 is 1. The van der Waals surface area contributed by atoms with Crippen LogP contribution in [0.4, 0.5) is 5.82 Å². The first-order valence-corrected chi connectivity index (χ1v) is 7.59. The van der Waals surface area contributed by atoms with Crippen molar-refractivity contribution in [1.29, 1.82) is 0 Å². The Hall–Kier alpha value is -0.630. The summed E-state index contributed by atoms with van der Waals surface area (Å²) in [6, 6.07) is 5.39. The molecule has 1 N–H and O–H groups in total. The SMILES string of the molecule is CNc1nc(-c2cccc(Cl)c2Cl)nc(COC)c1I. The molecule has 4 nitrogen and oxygen atoms in total. The molecule has 0 aliphatic carbocycles. The van der Waals surface area contributed by atoms with Gasteiger partial charge in [0.15, 0.2) is 5.82 Å². The van der Waals surface area contributed by atoms with Crippen LogP contribution in [0.5, 0.6) is 0 Å². The van der Waals surface area contributed by atoms with E-state index in [9.17, 15) is 0 Å². The van der Waals surface area contributed by atoms with Crippen LogP contribution in [-0.4, -0.2) is 24.1 Å². The van der Waals surface area contributed by atoms with Crippen molar-refractivity contribution in [3.8, 4) is 11.4 Å². The quantitative estimate of drug-likeness (QED) is 0.747. The summed E-state index contributed by atoms with van der Waals surface area (Å²) in [6.07, 6.45) is 0. The number of nitrogens with zero attached hydrogens (tertiary/aromatic N) is 2. The maximum absolute atomic E-state index is 6.23. The van der Waals surface area contributed by atoms with E-state index in [4.69, 9.17) is 27.9 Å². The van der Waals surface area contributed by atoms with Gasteiger partial charge in [0.1, 0.15) is 5.82 Å². The molecular formula is C13H12Cl2IN3O. The van der Waals surface area contributed by atoms with Crippen LogP contribution < -0.4 is 5.32 Å². The zero-order valence-electron chi connectivity index (χ0n) is 10.9. The van der Waals surface area contributed by atoms with Crippen molar-refractivity contribution in [3.63, 3.8) is 0 Å². The van der Waals surface area contributed by atoms with Gasteiger partial charge in [0.05, 0.1) is 25.9 Å².